The average Bonchev–Trinajstić information content (AvgIpc) is 3.10. The van der Waals surface area contributed by atoms with E-state index in [1.54, 1.807) is 30.7 Å². The van der Waals surface area contributed by atoms with Gasteiger partial charge in [0.2, 0.25) is 5.91 Å². The van der Waals surface area contributed by atoms with Crippen molar-refractivity contribution >= 4 is 29.3 Å². The summed E-state index contributed by atoms with van der Waals surface area (Å²) < 4.78 is 15.3. The van der Waals surface area contributed by atoms with Gasteiger partial charge < -0.3 is 9.88 Å². The second-order valence-corrected chi connectivity index (χ2v) is 6.50. The van der Waals surface area contributed by atoms with Crippen molar-refractivity contribution in [1.29, 1.82) is 0 Å². The summed E-state index contributed by atoms with van der Waals surface area (Å²) in [4.78, 5) is 21.0. The zero-order valence-electron chi connectivity index (χ0n) is 15.6. The number of carbonyl (C=O) groups excluding carboxylic acids is 1. The van der Waals surface area contributed by atoms with E-state index in [9.17, 15) is 9.18 Å². The normalized spacial score (nSPS) is 10.5. The molecule has 7 heteroatoms. The van der Waals surface area contributed by atoms with Gasteiger partial charge in [0.25, 0.3) is 0 Å². The number of carbonyl (C=O) groups is 1. The lowest BCUT2D eigenvalue weighted by molar-refractivity contribution is -0.121. The van der Waals surface area contributed by atoms with Crippen molar-refractivity contribution in [2.75, 3.05) is 0 Å². The number of rotatable bonds is 6. The molecule has 0 aliphatic heterocycles. The Labute approximate surface area is 174 Å². The summed E-state index contributed by atoms with van der Waals surface area (Å²) in [5.74, 6) is -0.406. The Bertz CT molecular complexity index is 1110. The van der Waals surface area contributed by atoms with Crippen LogP contribution in [0.25, 0.3) is 22.3 Å². The van der Waals surface area contributed by atoms with Crippen LogP contribution in [0.2, 0.25) is 0 Å². The van der Waals surface area contributed by atoms with E-state index in [0.717, 1.165) is 27.9 Å². The van der Waals surface area contributed by atoms with Gasteiger partial charge in [0.15, 0.2) is 0 Å². The number of aromatic nitrogens is 3. The number of nitrogens with zero attached hydrogens (tertiary/aromatic N) is 3. The number of halogens is 2. The van der Waals surface area contributed by atoms with Crippen LogP contribution < -0.4 is 5.32 Å². The average molecular weight is 411 g/mol. The molecule has 0 saturated carbocycles. The topological polar surface area (TPSA) is 59.8 Å². The number of fused-ring (bicyclic) bond motifs is 1. The molecule has 0 aliphatic carbocycles. The Balaban J connectivity index is 0.00000240. The minimum Gasteiger partial charge on any atom is -0.352 e. The largest absolute Gasteiger partial charge is 0.352 e. The van der Waals surface area contributed by atoms with Gasteiger partial charge in [0.1, 0.15) is 11.5 Å². The summed E-state index contributed by atoms with van der Waals surface area (Å²) in [6.07, 6.45) is 5.57. The summed E-state index contributed by atoms with van der Waals surface area (Å²) in [5, 5.41) is 3.86. The molecule has 0 bridgehead atoms. The van der Waals surface area contributed by atoms with Gasteiger partial charge in [-0.2, -0.15) is 0 Å². The molecule has 3 heterocycles. The molecule has 148 valence electrons. The molecule has 1 aromatic carbocycles. The molecule has 3 aromatic heterocycles. The highest BCUT2D eigenvalue weighted by atomic mass is 35.5. The maximum Gasteiger partial charge on any atom is 0.222 e. The molecule has 1 N–H and O–H groups in total. The maximum atomic E-state index is 13.3. The van der Waals surface area contributed by atoms with Crippen molar-refractivity contribution in [3.8, 4) is 11.3 Å². The molecular weight excluding hydrogens is 391 g/mol. The number of pyridine rings is 2. The van der Waals surface area contributed by atoms with Crippen molar-refractivity contribution in [1.82, 2.24) is 19.9 Å². The summed E-state index contributed by atoms with van der Waals surface area (Å²) in [7, 11) is 0. The van der Waals surface area contributed by atoms with Gasteiger partial charge >= 0.3 is 0 Å². The molecule has 0 atom stereocenters. The van der Waals surface area contributed by atoms with Gasteiger partial charge in [-0.05, 0) is 48.0 Å². The molecule has 29 heavy (non-hydrogen) atoms. The lowest BCUT2D eigenvalue weighted by Gasteiger charge is -2.11. The zero-order valence-corrected chi connectivity index (χ0v) is 16.4. The predicted molar refractivity (Wildman–Crippen MR) is 113 cm³/mol. The highest BCUT2D eigenvalue weighted by Crippen LogP contribution is 2.26. The van der Waals surface area contributed by atoms with Crippen molar-refractivity contribution in [2.24, 2.45) is 0 Å². The Morgan fingerprint density at radius 3 is 2.72 bits per heavy atom. The Kier molecular flexibility index (Phi) is 6.57. The highest BCUT2D eigenvalue weighted by molar-refractivity contribution is 5.85. The Hall–Kier alpha value is -3.25. The van der Waals surface area contributed by atoms with E-state index in [1.807, 2.05) is 28.8 Å². The van der Waals surface area contributed by atoms with Crippen LogP contribution in [0.4, 0.5) is 4.39 Å². The van der Waals surface area contributed by atoms with Crippen LogP contribution >= 0.6 is 12.4 Å². The van der Waals surface area contributed by atoms with Crippen LogP contribution in [-0.2, 0) is 17.9 Å². The lowest BCUT2D eigenvalue weighted by Crippen LogP contribution is -2.24. The van der Waals surface area contributed by atoms with E-state index in [4.69, 9.17) is 0 Å². The first-order valence-corrected chi connectivity index (χ1v) is 9.06. The van der Waals surface area contributed by atoms with Crippen LogP contribution in [0.5, 0.6) is 0 Å². The van der Waals surface area contributed by atoms with Crippen molar-refractivity contribution in [3.05, 3.63) is 84.6 Å². The fourth-order valence-corrected chi connectivity index (χ4v) is 3.22. The number of nitrogens with one attached hydrogen (secondary N) is 1. The molecule has 0 radical (unpaired) electrons. The van der Waals surface area contributed by atoms with E-state index < -0.39 is 0 Å². The van der Waals surface area contributed by atoms with Crippen LogP contribution in [-0.4, -0.2) is 20.4 Å². The lowest BCUT2D eigenvalue weighted by atomic mass is 10.2. The van der Waals surface area contributed by atoms with Crippen LogP contribution in [0, 0.1) is 5.82 Å². The van der Waals surface area contributed by atoms with Gasteiger partial charge in [-0.25, -0.2) is 9.37 Å². The fourth-order valence-electron chi connectivity index (χ4n) is 3.22. The van der Waals surface area contributed by atoms with E-state index >= 15 is 0 Å². The molecule has 0 fully saturated rings. The van der Waals surface area contributed by atoms with E-state index in [-0.39, 0.29) is 24.1 Å². The van der Waals surface area contributed by atoms with Crippen molar-refractivity contribution in [2.45, 2.75) is 19.5 Å². The molecule has 0 unspecified atom stereocenters. The summed E-state index contributed by atoms with van der Waals surface area (Å²) in [6.45, 7) is 0.788. The van der Waals surface area contributed by atoms with Gasteiger partial charge in [-0.3, -0.25) is 9.78 Å². The first kappa shape index (κ1) is 20.5. The molecule has 5 nitrogen and oxygen atoms in total. The monoisotopic (exact) mass is 410 g/mol. The smallest absolute Gasteiger partial charge is 0.222 e. The number of benzene rings is 1. The third kappa shape index (κ3) is 4.78. The zero-order chi connectivity index (χ0) is 19.3. The maximum absolute atomic E-state index is 13.3. The quantitative estimate of drug-likeness (QED) is 0.513. The molecule has 0 aliphatic rings. The second-order valence-electron chi connectivity index (χ2n) is 6.50. The van der Waals surface area contributed by atoms with Gasteiger partial charge in [0, 0.05) is 49.1 Å². The van der Waals surface area contributed by atoms with Crippen molar-refractivity contribution in [3.63, 3.8) is 0 Å². The van der Waals surface area contributed by atoms with Crippen LogP contribution in [0.1, 0.15) is 12.0 Å². The van der Waals surface area contributed by atoms with Crippen LogP contribution in [0.3, 0.4) is 0 Å². The van der Waals surface area contributed by atoms with Gasteiger partial charge in [-0.1, -0.05) is 12.1 Å². The fraction of sp³-hybridized carbons (Fsp3) is 0.136. The summed E-state index contributed by atoms with van der Waals surface area (Å²) in [6, 6.07) is 16.1. The molecule has 4 rings (SSSR count). The van der Waals surface area contributed by atoms with E-state index in [2.05, 4.69) is 21.4 Å². The minimum absolute atomic E-state index is 0. The number of amides is 1. The minimum atomic E-state index is -0.308. The van der Waals surface area contributed by atoms with Crippen LogP contribution in [0.15, 0.2) is 73.2 Å². The van der Waals surface area contributed by atoms with Crippen molar-refractivity contribution < 1.29 is 9.18 Å². The third-order valence-electron chi connectivity index (χ3n) is 4.55. The van der Waals surface area contributed by atoms with Gasteiger partial charge in [0.05, 0.1) is 5.69 Å². The first-order valence-electron chi connectivity index (χ1n) is 9.06. The molecule has 4 aromatic rings. The molecular formula is C22H20ClFN4O. The SMILES string of the molecule is Cl.O=C(CCn1c(-c2cccnc2)cc2cccnc21)NCc1cccc(F)c1. The Morgan fingerprint density at radius 2 is 1.93 bits per heavy atom. The van der Waals surface area contributed by atoms with Gasteiger partial charge in [-0.15, -0.1) is 12.4 Å². The summed E-state index contributed by atoms with van der Waals surface area (Å²) in [5.41, 5.74) is 3.51. The second kappa shape index (κ2) is 9.30. The highest BCUT2D eigenvalue weighted by Gasteiger charge is 2.13. The standard InChI is InChI=1S/C22H19FN4O.ClH/c23-19-7-1-4-16(12-19)14-26-21(28)8-11-27-20(18-6-2-9-24-15-18)13-17-5-3-10-25-22(17)27;/h1-7,9-10,12-13,15H,8,11,14H2,(H,26,28);1H. The first-order chi connectivity index (χ1) is 13.7. The molecule has 0 spiro atoms. The van der Waals surface area contributed by atoms with E-state index in [0.29, 0.717) is 19.5 Å². The van der Waals surface area contributed by atoms with E-state index in [1.165, 1.54) is 12.1 Å². The third-order valence-corrected chi connectivity index (χ3v) is 4.55. The number of hydrogen-bond acceptors (Lipinski definition) is 3. The number of hydrogen-bond donors (Lipinski definition) is 1. The predicted octanol–water partition coefficient (Wildman–Crippen LogP) is 4.37. The Morgan fingerprint density at radius 1 is 1.07 bits per heavy atom. The molecule has 0 saturated heterocycles. The molecule has 1 amide bonds. The summed E-state index contributed by atoms with van der Waals surface area (Å²) >= 11 is 0. The number of aryl methyl sites for hydroxylation is 1.